The maximum Gasteiger partial charge on any atom is 0.397 e. The van der Waals surface area contributed by atoms with E-state index in [0.29, 0.717) is 6.42 Å². The van der Waals surface area contributed by atoms with Crippen LogP contribution in [0, 0.1) is 0 Å². The van der Waals surface area contributed by atoms with Crippen molar-refractivity contribution in [2.75, 3.05) is 6.61 Å². The summed E-state index contributed by atoms with van der Waals surface area (Å²) in [5.41, 5.74) is 0. The molecule has 3 N–H and O–H groups in total. The zero-order chi connectivity index (χ0) is 19.0. The second-order valence-corrected chi connectivity index (χ2v) is 8.11. The summed E-state index contributed by atoms with van der Waals surface area (Å²) in [4.78, 5) is 0. The molecule has 0 aromatic carbocycles. The summed E-state index contributed by atoms with van der Waals surface area (Å²) in [5, 5.41) is 19.0. The minimum Gasteiger partial charge on any atom is -0.364 e. The summed E-state index contributed by atoms with van der Waals surface area (Å²) < 4.78 is 33.2. The molecule has 0 saturated heterocycles. The van der Waals surface area contributed by atoms with E-state index in [4.69, 9.17) is 4.55 Å². The summed E-state index contributed by atoms with van der Waals surface area (Å²) in [6.07, 6.45) is 16.9. The van der Waals surface area contributed by atoms with E-state index < -0.39 is 22.8 Å². The Labute approximate surface area is 153 Å². The highest BCUT2D eigenvalue weighted by molar-refractivity contribution is 7.80. The van der Waals surface area contributed by atoms with Crippen LogP contribution in [-0.2, 0) is 14.6 Å². The zero-order valence-electron chi connectivity index (χ0n) is 15.8. The number of hydrogen-bond acceptors (Lipinski definition) is 5. The smallest absolute Gasteiger partial charge is 0.364 e. The lowest BCUT2D eigenvalue weighted by Gasteiger charge is -2.20. The van der Waals surface area contributed by atoms with E-state index in [1.165, 1.54) is 64.2 Å². The standard InChI is InChI=1S/C18H38O6S/c1-2-3-4-5-6-7-8-9-10-11-12-13-14-15-16-18(19,20)17-24-25(21,22)23/h19-20H,2-17H2,1H3,(H,21,22,23). The highest BCUT2D eigenvalue weighted by Gasteiger charge is 2.25. The minimum atomic E-state index is -4.64. The predicted octanol–water partition coefficient (Wildman–Crippen LogP) is 4.36. The molecule has 0 aromatic rings. The van der Waals surface area contributed by atoms with Crippen molar-refractivity contribution in [3.63, 3.8) is 0 Å². The highest BCUT2D eigenvalue weighted by atomic mass is 32.3. The van der Waals surface area contributed by atoms with Gasteiger partial charge in [0.1, 0.15) is 6.61 Å². The molecule has 0 radical (unpaired) electrons. The lowest BCUT2D eigenvalue weighted by Crippen LogP contribution is -2.35. The number of unbranched alkanes of at least 4 members (excludes halogenated alkanes) is 13. The maximum absolute atomic E-state index is 10.4. The Kier molecular flexibility index (Phi) is 14.8. The molecule has 0 spiro atoms. The van der Waals surface area contributed by atoms with Gasteiger partial charge in [-0.05, 0) is 6.42 Å². The molecule has 0 aliphatic carbocycles. The van der Waals surface area contributed by atoms with Crippen LogP contribution in [0.4, 0.5) is 0 Å². The van der Waals surface area contributed by atoms with Crippen molar-refractivity contribution in [1.29, 1.82) is 0 Å². The quantitative estimate of drug-likeness (QED) is 0.185. The first-order valence-electron chi connectivity index (χ1n) is 9.83. The summed E-state index contributed by atoms with van der Waals surface area (Å²) in [6.45, 7) is 1.40. The second-order valence-electron chi connectivity index (χ2n) is 7.02. The Bertz CT molecular complexity index is 394. The van der Waals surface area contributed by atoms with Crippen LogP contribution in [0.1, 0.15) is 103 Å². The van der Waals surface area contributed by atoms with Gasteiger partial charge < -0.3 is 10.2 Å². The van der Waals surface area contributed by atoms with Gasteiger partial charge in [-0.2, -0.15) is 8.42 Å². The number of hydrogen-bond donors (Lipinski definition) is 3. The lowest BCUT2D eigenvalue weighted by atomic mass is 10.0. The van der Waals surface area contributed by atoms with Crippen LogP contribution in [0.3, 0.4) is 0 Å². The molecule has 0 rings (SSSR count). The van der Waals surface area contributed by atoms with Crippen molar-refractivity contribution in [3.8, 4) is 0 Å². The van der Waals surface area contributed by atoms with Gasteiger partial charge in [0.25, 0.3) is 0 Å². The highest BCUT2D eigenvalue weighted by Crippen LogP contribution is 2.16. The third-order valence-corrected chi connectivity index (χ3v) is 4.79. The Morgan fingerprint density at radius 1 is 0.720 bits per heavy atom. The largest absolute Gasteiger partial charge is 0.397 e. The van der Waals surface area contributed by atoms with Crippen molar-refractivity contribution < 1.29 is 27.4 Å². The van der Waals surface area contributed by atoms with E-state index in [1.54, 1.807) is 0 Å². The van der Waals surface area contributed by atoms with E-state index in [-0.39, 0.29) is 6.42 Å². The van der Waals surface area contributed by atoms with Crippen LogP contribution in [0.25, 0.3) is 0 Å². The third kappa shape index (κ3) is 20.0. The number of rotatable bonds is 18. The maximum atomic E-state index is 10.4. The molecule has 7 heteroatoms. The van der Waals surface area contributed by atoms with Gasteiger partial charge in [0, 0.05) is 6.42 Å². The van der Waals surface area contributed by atoms with Gasteiger partial charge >= 0.3 is 10.4 Å². The van der Waals surface area contributed by atoms with E-state index >= 15 is 0 Å². The molecule has 0 aliphatic heterocycles. The number of aliphatic hydroxyl groups is 2. The lowest BCUT2D eigenvalue weighted by molar-refractivity contribution is -0.186. The molecule has 0 saturated carbocycles. The first kappa shape index (κ1) is 24.8. The molecule has 25 heavy (non-hydrogen) atoms. The molecule has 0 amide bonds. The van der Waals surface area contributed by atoms with Crippen LogP contribution in [0.5, 0.6) is 0 Å². The average molecular weight is 383 g/mol. The molecular weight excluding hydrogens is 344 g/mol. The molecule has 152 valence electrons. The molecule has 0 atom stereocenters. The Morgan fingerprint density at radius 3 is 1.44 bits per heavy atom. The van der Waals surface area contributed by atoms with Crippen molar-refractivity contribution in [1.82, 2.24) is 0 Å². The normalized spacial score (nSPS) is 12.6. The van der Waals surface area contributed by atoms with Crippen LogP contribution >= 0.6 is 0 Å². The average Bonchev–Trinajstić information content (AvgIpc) is 2.53. The molecule has 0 bridgehead atoms. The molecule has 0 aromatic heterocycles. The summed E-state index contributed by atoms with van der Waals surface area (Å²) in [7, 11) is -4.64. The van der Waals surface area contributed by atoms with Crippen LogP contribution in [0.15, 0.2) is 0 Å². The monoisotopic (exact) mass is 382 g/mol. The Morgan fingerprint density at radius 2 is 1.08 bits per heavy atom. The van der Waals surface area contributed by atoms with E-state index in [9.17, 15) is 18.6 Å². The zero-order valence-corrected chi connectivity index (χ0v) is 16.6. The molecule has 6 nitrogen and oxygen atoms in total. The molecular formula is C18H38O6S. The fourth-order valence-electron chi connectivity index (χ4n) is 2.84. The summed E-state index contributed by atoms with van der Waals surface area (Å²) in [6, 6.07) is 0. The molecule has 0 fully saturated rings. The summed E-state index contributed by atoms with van der Waals surface area (Å²) >= 11 is 0. The van der Waals surface area contributed by atoms with Gasteiger partial charge in [-0.3, -0.25) is 4.55 Å². The van der Waals surface area contributed by atoms with Gasteiger partial charge in [0.05, 0.1) is 0 Å². The van der Waals surface area contributed by atoms with Crippen molar-refractivity contribution in [2.24, 2.45) is 0 Å². The topological polar surface area (TPSA) is 104 Å². The van der Waals surface area contributed by atoms with Gasteiger partial charge in [0.2, 0.25) is 0 Å². The van der Waals surface area contributed by atoms with E-state index in [1.807, 2.05) is 0 Å². The third-order valence-electron chi connectivity index (χ3n) is 4.37. The van der Waals surface area contributed by atoms with Crippen molar-refractivity contribution >= 4 is 10.4 Å². The minimum absolute atomic E-state index is 0.0283. The molecule has 0 aliphatic rings. The van der Waals surface area contributed by atoms with Gasteiger partial charge in [-0.1, -0.05) is 90.4 Å². The van der Waals surface area contributed by atoms with Crippen molar-refractivity contribution in [3.05, 3.63) is 0 Å². The predicted molar refractivity (Wildman–Crippen MR) is 99.6 cm³/mol. The SMILES string of the molecule is CCCCCCCCCCCCCCCCC(O)(O)COS(=O)(=O)O. The van der Waals surface area contributed by atoms with Crippen molar-refractivity contribution in [2.45, 2.75) is 109 Å². The Hall–Kier alpha value is -0.210. The van der Waals surface area contributed by atoms with Gasteiger partial charge in [0.15, 0.2) is 5.79 Å². The summed E-state index contributed by atoms with van der Waals surface area (Å²) in [5.74, 6) is -2.22. The van der Waals surface area contributed by atoms with Gasteiger partial charge in [-0.15, -0.1) is 0 Å². The Balaban J connectivity index is 3.33. The van der Waals surface area contributed by atoms with Crippen LogP contribution in [0.2, 0.25) is 0 Å². The first-order valence-corrected chi connectivity index (χ1v) is 11.2. The fourth-order valence-corrected chi connectivity index (χ4v) is 3.18. The van der Waals surface area contributed by atoms with Crippen LogP contribution < -0.4 is 0 Å². The second kappa shape index (κ2) is 14.9. The van der Waals surface area contributed by atoms with E-state index in [2.05, 4.69) is 11.1 Å². The molecule has 0 heterocycles. The fraction of sp³-hybridized carbons (Fsp3) is 1.00. The van der Waals surface area contributed by atoms with E-state index in [0.717, 1.165) is 19.3 Å². The van der Waals surface area contributed by atoms with Crippen LogP contribution in [-0.4, -0.2) is 35.6 Å². The molecule has 0 unspecified atom stereocenters. The van der Waals surface area contributed by atoms with Gasteiger partial charge in [-0.25, -0.2) is 4.18 Å². The first-order chi connectivity index (χ1) is 11.8.